The fourth-order valence-corrected chi connectivity index (χ4v) is 1.98. The zero-order valence-corrected chi connectivity index (χ0v) is 9.36. The van der Waals surface area contributed by atoms with E-state index in [9.17, 15) is 4.79 Å². The number of hydrogen-bond acceptors (Lipinski definition) is 3. The van der Waals surface area contributed by atoms with E-state index in [0.29, 0.717) is 13.0 Å². The maximum absolute atomic E-state index is 11.3. The fourth-order valence-electron chi connectivity index (χ4n) is 1.13. The summed E-state index contributed by atoms with van der Waals surface area (Å²) >= 11 is 1.66. The first-order chi connectivity index (χ1) is 6.59. The summed E-state index contributed by atoms with van der Waals surface area (Å²) in [5.74, 6) is 0.0191. The molecule has 0 aliphatic carbocycles. The van der Waals surface area contributed by atoms with Gasteiger partial charge in [0.15, 0.2) is 0 Å². The van der Waals surface area contributed by atoms with Crippen LogP contribution in [0.1, 0.15) is 24.5 Å². The molecule has 14 heavy (non-hydrogen) atoms. The van der Waals surface area contributed by atoms with Crippen molar-refractivity contribution in [3.05, 3.63) is 21.9 Å². The summed E-state index contributed by atoms with van der Waals surface area (Å²) in [6.07, 6.45) is 0.392. The Morgan fingerprint density at radius 2 is 2.36 bits per heavy atom. The Morgan fingerprint density at radius 1 is 1.64 bits per heavy atom. The van der Waals surface area contributed by atoms with Gasteiger partial charge in [0.05, 0.1) is 0 Å². The molecule has 0 saturated heterocycles. The van der Waals surface area contributed by atoms with Crippen LogP contribution in [0.3, 0.4) is 0 Å². The van der Waals surface area contributed by atoms with Crippen molar-refractivity contribution >= 4 is 17.2 Å². The summed E-state index contributed by atoms with van der Waals surface area (Å²) in [6, 6.07) is -0.0708. The number of nitrogens with one attached hydrogen (secondary N) is 1. The first-order valence-electron chi connectivity index (χ1n) is 4.63. The van der Waals surface area contributed by atoms with Gasteiger partial charge >= 0.3 is 0 Å². The van der Waals surface area contributed by atoms with Gasteiger partial charge < -0.3 is 11.1 Å². The number of rotatable bonds is 4. The molecule has 0 spiro atoms. The first kappa shape index (κ1) is 11.2. The predicted molar refractivity (Wildman–Crippen MR) is 59.2 cm³/mol. The molecule has 0 aliphatic heterocycles. The second-order valence-electron chi connectivity index (χ2n) is 3.54. The van der Waals surface area contributed by atoms with Gasteiger partial charge in [0.25, 0.3) is 0 Å². The predicted octanol–water partition coefficient (Wildman–Crippen LogP) is 1.41. The van der Waals surface area contributed by atoms with Gasteiger partial charge in [-0.1, -0.05) is 0 Å². The minimum atomic E-state index is -0.0708. The zero-order chi connectivity index (χ0) is 10.6. The van der Waals surface area contributed by atoms with Crippen molar-refractivity contribution in [2.45, 2.75) is 32.9 Å². The highest BCUT2D eigenvalue weighted by atomic mass is 32.1. The molecule has 78 valence electrons. The lowest BCUT2D eigenvalue weighted by Crippen LogP contribution is -2.29. The third-order valence-corrected chi connectivity index (χ3v) is 2.86. The zero-order valence-electron chi connectivity index (χ0n) is 8.54. The summed E-state index contributed by atoms with van der Waals surface area (Å²) in [7, 11) is 0. The van der Waals surface area contributed by atoms with E-state index >= 15 is 0 Å². The lowest BCUT2D eigenvalue weighted by atomic mass is 10.2. The van der Waals surface area contributed by atoms with E-state index in [2.05, 4.69) is 16.1 Å². The largest absolute Gasteiger partial charge is 0.352 e. The van der Waals surface area contributed by atoms with E-state index in [0.717, 1.165) is 0 Å². The van der Waals surface area contributed by atoms with Crippen molar-refractivity contribution in [3.8, 4) is 0 Å². The van der Waals surface area contributed by atoms with Gasteiger partial charge in [-0.2, -0.15) is 11.3 Å². The van der Waals surface area contributed by atoms with Gasteiger partial charge in [-0.25, -0.2) is 0 Å². The quantitative estimate of drug-likeness (QED) is 0.793. The van der Waals surface area contributed by atoms with E-state index in [-0.39, 0.29) is 11.9 Å². The van der Waals surface area contributed by atoms with Gasteiger partial charge in [-0.05, 0) is 35.7 Å². The van der Waals surface area contributed by atoms with E-state index in [1.54, 1.807) is 11.3 Å². The number of carbonyl (C=O) groups is 1. The lowest BCUT2D eigenvalue weighted by molar-refractivity contribution is -0.121. The molecule has 0 aromatic carbocycles. The highest BCUT2D eigenvalue weighted by Gasteiger charge is 2.05. The number of carbonyl (C=O) groups excluding carboxylic acids is 1. The lowest BCUT2D eigenvalue weighted by Gasteiger charge is -2.06. The molecule has 1 aromatic heterocycles. The Balaban J connectivity index is 2.34. The number of thiophene rings is 1. The topological polar surface area (TPSA) is 55.1 Å². The van der Waals surface area contributed by atoms with E-state index in [1.807, 2.05) is 13.8 Å². The van der Waals surface area contributed by atoms with Crippen LogP contribution in [-0.2, 0) is 11.3 Å². The van der Waals surface area contributed by atoms with E-state index in [1.165, 1.54) is 11.1 Å². The molecular weight excluding hydrogens is 196 g/mol. The van der Waals surface area contributed by atoms with Gasteiger partial charge in [0.2, 0.25) is 5.91 Å². The Morgan fingerprint density at radius 3 is 2.86 bits per heavy atom. The van der Waals surface area contributed by atoms with Gasteiger partial charge in [0, 0.05) is 19.0 Å². The van der Waals surface area contributed by atoms with Crippen LogP contribution in [0, 0.1) is 6.92 Å². The molecule has 1 atom stereocenters. The number of aryl methyl sites for hydroxylation is 1. The van der Waals surface area contributed by atoms with E-state index in [4.69, 9.17) is 5.73 Å². The van der Waals surface area contributed by atoms with Crippen molar-refractivity contribution in [2.24, 2.45) is 5.73 Å². The molecule has 3 N–H and O–H groups in total. The van der Waals surface area contributed by atoms with Crippen LogP contribution >= 0.6 is 11.3 Å². The van der Waals surface area contributed by atoms with Crippen LogP contribution in [0.25, 0.3) is 0 Å². The molecule has 0 aliphatic rings. The SMILES string of the molecule is Cc1cscc1CNC(=O)CC(C)N. The van der Waals surface area contributed by atoms with Crippen molar-refractivity contribution in [3.63, 3.8) is 0 Å². The number of amides is 1. The fraction of sp³-hybridized carbons (Fsp3) is 0.500. The average molecular weight is 212 g/mol. The van der Waals surface area contributed by atoms with Gasteiger partial charge in [-0.15, -0.1) is 0 Å². The molecule has 1 heterocycles. The molecule has 0 bridgehead atoms. The van der Waals surface area contributed by atoms with Crippen LogP contribution in [0.15, 0.2) is 10.8 Å². The van der Waals surface area contributed by atoms with Crippen LogP contribution in [0.5, 0.6) is 0 Å². The minimum absolute atomic E-state index is 0.0191. The minimum Gasteiger partial charge on any atom is -0.352 e. The van der Waals surface area contributed by atoms with Crippen LogP contribution in [0.2, 0.25) is 0 Å². The summed E-state index contributed by atoms with van der Waals surface area (Å²) < 4.78 is 0. The maximum Gasteiger partial charge on any atom is 0.221 e. The number of hydrogen-bond donors (Lipinski definition) is 2. The van der Waals surface area contributed by atoms with Crippen LogP contribution in [0.4, 0.5) is 0 Å². The van der Waals surface area contributed by atoms with Crippen LogP contribution < -0.4 is 11.1 Å². The molecule has 0 fully saturated rings. The summed E-state index contributed by atoms with van der Waals surface area (Å²) in [5, 5.41) is 6.98. The molecular formula is C10H16N2OS. The molecule has 0 saturated carbocycles. The third-order valence-electron chi connectivity index (χ3n) is 1.95. The molecule has 1 aromatic rings. The normalized spacial score (nSPS) is 12.5. The summed E-state index contributed by atoms with van der Waals surface area (Å²) in [4.78, 5) is 11.3. The van der Waals surface area contributed by atoms with Crippen molar-refractivity contribution in [1.29, 1.82) is 0 Å². The van der Waals surface area contributed by atoms with Crippen molar-refractivity contribution < 1.29 is 4.79 Å². The molecule has 1 amide bonds. The Bertz CT molecular complexity index is 307. The second-order valence-corrected chi connectivity index (χ2v) is 4.28. The Hall–Kier alpha value is -0.870. The smallest absolute Gasteiger partial charge is 0.221 e. The van der Waals surface area contributed by atoms with Crippen LogP contribution in [-0.4, -0.2) is 11.9 Å². The van der Waals surface area contributed by atoms with Gasteiger partial charge in [-0.3, -0.25) is 4.79 Å². The van der Waals surface area contributed by atoms with Gasteiger partial charge in [0.1, 0.15) is 0 Å². The highest BCUT2D eigenvalue weighted by molar-refractivity contribution is 7.08. The standard InChI is InChI=1S/C10H16N2OS/c1-7-5-14-6-9(7)4-12-10(13)3-8(2)11/h5-6,8H,3-4,11H2,1-2H3,(H,12,13). The van der Waals surface area contributed by atoms with E-state index < -0.39 is 0 Å². The maximum atomic E-state index is 11.3. The monoisotopic (exact) mass is 212 g/mol. The van der Waals surface area contributed by atoms with Crippen molar-refractivity contribution in [2.75, 3.05) is 0 Å². The second kappa shape index (κ2) is 5.12. The molecule has 3 nitrogen and oxygen atoms in total. The first-order valence-corrected chi connectivity index (χ1v) is 5.58. The molecule has 0 radical (unpaired) electrons. The molecule has 4 heteroatoms. The molecule has 1 rings (SSSR count). The Kier molecular flexibility index (Phi) is 4.10. The summed E-state index contributed by atoms with van der Waals surface area (Å²) in [6.45, 7) is 4.49. The number of nitrogens with two attached hydrogens (primary N) is 1. The third kappa shape index (κ3) is 3.47. The molecule has 1 unspecified atom stereocenters. The van der Waals surface area contributed by atoms with Crippen molar-refractivity contribution in [1.82, 2.24) is 5.32 Å². The highest BCUT2D eigenvalue weighted by Crippen LogP contribution is 2.12. The Labute approximate surface area is 88.3 Å². The summed E-state index contributed by atoms with van der Waals surface area (Å²) in [5.41, 5.74) is 7.93. The average Bonchev–Trinajstić information content (AvgIpc) is 2.46.